The minimum atomic E-state index is -4.74. The Labute approximate surface area is 123 Å². The van der Waals surface area contributed by atoms with E-state index in [1.807, 2.05) is 0 Å². The van der Waals surface area contributed by atoms with Crippen molar-refractivity contribution in [3.8, 4) is 0 Å². The number of hydrogen-bond donors (Lipinski definition) is 0. The third-order valence-electron chi connectivity index (χ3n) is 2.81. The van der Waals surface area contributed by atoms with Gasteiger partial charge in [-0.2, -0.15) is 13.4 Å². The lowest BCUT2D eigenvalue weighted by atomic mass is 10.1. The van der Waals surface area contributed by atoms with Crippen LogP contribution in [0.2, 0.25) is 5.28 Å². The van der Waals surface area contributed by atoms with Crippen LogP contribution in [0.1, 0.15) is 6.42 Å². The smallest absolute Gasteiger partial charge is 0.291 e. The highest BCUT2D eigenvalue weighted by Gasteiger charge is 2.37. The Morgan fingerprint density at radius 2 is 2.24 bits per heavy atom. The van der Waals surface area contributed by atoms with Crippen LogP contribution in [0.5, 0.6) is 0 Å². The van der Waals surface area contributed by atoms with Gasteiger partial charge in [0.2, 0.25) is 17.0 Å². The van der Waals surface area contributed by atoms with Crippen LogP contribution in [-0.4, -0.2) is 41.5 Å². The molecule has 9 nitrogen and oxygen atoms in total. The SMILES string of the molecule is O=C1CC(CS(=O)(=O)F)CN1c1nc(Cl)ncc1[N+](=O)[O-]. The first-order valence-corrected chi connectivity index (χ1v) is 7.50. The minimum absolute atomic E-state index is 0.198. The Bertz CT molecular complexity index is 712. The number of rotatable bonds is 4. The molecule has 12 heteroatoms. The van der Waals surface area contributed by atoms with Crippen molar-refractivity contribution >= 4 is 39.2 Å². The number of nitrogens with zero attached hydrogens (tertiary/aromatic N) is 4. The molecule has 0 radical (unpaired) electrons. The molecule has 0 aliphatic carbocycles. The normalized spacial score (nSPS) is 19.0. The molecule has 1 amide bonds. The number of amides is 1. The quantitative estimate of drug-likeness (QED) is 0.342. The van der Waals surface area contributed by atoms with Crippen LogP contribution in [0.15, 0.2) is 6.20 Å². The second-order valence-electron chi connectivity index (χ2n) is 4.38. The van der Waals surface area contributed by atoms with E-state index in [1.165, 1.54) is 0 Å². The fourth-order valence-electron chi connectivity index (χ4n) is 2.05. The molecule has 2 rings (SSSR count). The summed E-state index contributed by atoms with van der Waals surface area (Å²) in [6, 6.07) is 0. The van der Waals surface area contributed by atoms with E-state index in [2.05, 4.69) is 9.97 Å². The molecule has 1 aromatic heterocycles. The Morgan fingerprint density at radius 3 is 2.81 bits per heavy atom. The van der Waals surface area contributed by atoms with Crippen molar-refractivity contribution in [2.75, 3.05) is 17.2 Å². The van der Waals surface area contributed by atoms with Gasteiger partial charge in [0.05, 0.1) is 10.7 Å². The zero-order valence-electron chi connectivity index (χ0n) is 10.3. The van der Waals surface area contributed by atoms with Gasteiger partial charge in [-0.25, -0.2) is 4.98 Å². The predicted molar refractivity (Wildman–Crippen MR) is 69.1 cm³/mol. The maximum atomic E-state index is 12.7. The third kappa shape index (κ3) is 3.61. The molecule has 0 N–H and O–H groups in total. The first-order chi connectivity index (χ1) is 9.67. The number of carbonyl (C=O) groups excluding carboxylic acids is 1. The van der Waals surface area contributed by atoms with Crippen molar-refractivity contribution in [1.82, 2.24) is 9.97 Å². The van der Waals surface area contributed by atoms with Gasteiger partial charge in [0.1, 0.15) is 6.20 Å². The molecular weight excluding hydrogens is 331 g/mol. The minimum Gasteiger partial charge on any atom is -0.291 e. The van der Waals surface area contributed by atoms with E-state index in [9.17, 15) is 27.2 Å². The lowest BCUT2D eigenvalue weighted by Crippen LogP contribution is -2.27. The Balaban J connectivity index is 2.33. The number of hydrogen-bond acceptors (Lipinski definition) is 7. The molecule has 0 bridgehead atoms. The average Bonchev–Trinajstić information content (AvgIpc) is 2.66. The van der Waals surface area contributed by atoms with Crippen molar-refractivity contribution in [3.05, 3.63) is 21.6 Å². The monoisotopic (exact) mass is 338 g/mol. The zero-order chi connectivity index (χ0) is 15.8. The van der Waals surface area contributed by atoms with Gasteiger partial charge >= 0.3 is 15.9 Å². The molecule has 1 fully saturated rings. The summed E-state index contributed by atoms with van der Waals surface area (Å²) in [5.41, 5.74) is -0.545. The molecule has 1 aliphatic rings. The van der Waals surface area contributed by atoms with E-state index in [-0.39, 0.29) is 24.1 Å². The van der Waals surface area contributed by atoms with Crippen LogP contribution >= 0.6 is 11.6 Å². The van der Waals surface area contributed by atoms with Crippen LogP contribution in [0, 0.1) is 16.0 Å². The maximum absolute atomic E-state index is 12.7. The first kappa shape index (κ1) is 15.5. The summed E-state index contributed by atoms with van der Waals surface area (Å²) >= 11 is 5.55. The van der Waals surface area contributed by atoms with Gasteiger partial charge in [0, 0.05) is 18.9 Å². The van der Waals surface area contributed by atoms with Gasteiger partial charge < -0.3 is 0 Å². The predicted octanol–water partition coefficient (Wildman–Crippen LogP) is 0.690. The van der Waals surface area contributed by atoms with E-state index in [1.54, 1.807) is 0 Å². The van der Waals surface area contributed by atoms with E-state index in [0.717, 1.165) is 11.1 Å². The molecule has 1 atom stereocenters. The lowest BCUT2D eigenvalue weighted by Gasteiger charge is -2.14. The van der Waals surface area contributed by atoms with Crippen LogP contribution < -0.4 is 4.90 Å². The molecular formula is C9H8ClFN4O5S. The van der Waals surface area contributed by atoms with E-state index >= 15 is 0 Å². The topological polar surface area (TPSA) is 123 Å². The standard InChI is InChI=1S/C9H8ClFN4O5S/c10-9-12-2-6(15(17)18)8(13-9)14-3-5(1-7(14)16)4-21(11,19)20/h2,5H,1,3-4H2. The second-order valence-corrected chi connectivity index (χ2v) is 6.13. The Hall–Kier alpha value is -1.88. The molecule has 1 unspecified atom stereocenters. The lowest BCUT2D eigenvalue weighted by molar-refractivity contribution is -0.384. The van der Waals surface area contributed by atoms with E-state index < -0.39 is 38.4 Å². The Morgan fingerprint density at radius 1 is 1.57 bits per heavy atom. The molecule has 114 valence electrons. The van der Waals surface area contributed by atoms with Crippen LogP contribution in [0.3, 0.4) is 0 Å². The largest absolute Gasteiger partial charge is 0.330 e. The molecule has 0 saturated carbocycles. The molecule has 0 aromatic carbocycles. The highest BCUT2D eigenvalue weighted by atomic mass is 35.5. The molecule has 1 aliphatic heterocycles. The Kier molecular flexibility index (Phi) is 4.05. The average molecular weight is 339 g/mol. The highest BCUT2D eigenvalue weighted by Crippen LogP contribution is 2.31. The molecule has 1 saturated heterocycles. The fraction of sp³-hybridized carbons (Fsp3) is 0.444. The first-order valence-electron chi connectivity index (χ1n) is 5.57. The summed E-state index contributed by atoms with van der Waals surface area (Å²) in [4.78, 5) is 29.9. The summed E-state index contributed by atoms with van der Waals surface area (Å²) in [5.74, 6) is -2.56. The van der Waals surface area contributed by atoms with Crippen molar-refractivity contribution in [2.45, 2.75) is 6.42 Å². The van der Waals surface area contributed by atoms with Crippen molar-refractivity contribution < 1.29 is 22.0 Å². The van der Waals surface area contributed by atoms with E-state index in [0.29, 0.717) is 0 Å². The summed E-state index contributed by atoms with van der Waals surface area (Å²) in [6.45, 7) is -0.198. The van der Waals surface area contributed by atoms with Gasteiger partial charge in [0.25, 0.3) is 0 Å². The fourth-order valence-corrected chi connectivity index (χ4v) is 2.97. The zero-order valence-corrected chi connectivity index (χ0v) is 11.8. The van der Waals surface area contributed by atoms with E-state index in [4.69, 9.17) is 11.6 Å². The van der Waals surface area contributed by atoms with Gasteiger partial charge in [-0.15, -0.1) is 3.89 Å². The van der Waals surface area contributed by atoms with Crippen LogP contribution in [-0.2, 0) is 15.0 Å². The van der Waals surface area contributed by atoms with Gasteiger partial charge in [0.15, 0.2) is 0 Å². The molecule has 0 spiro atoms. The van der Waals surface area contributed by atoms with Crippen molar-refractivity contribution in [1.29, 1.82) is 0 Å². The third-order valence-corrected chi connectivity index (χ3v) is 3.86. The second kappa shape index (κ2) is 5.48. The molecule has 2 heterocycles. The van der Waals surface area contributed by atoms with Gasteiger partial charge in [-0.05, 0) is 11.6 Å². The van der Waals surface area contributed by atoms with Crippen molar-refractivity contribution in [3.63, 3.8) is 0 Å². The molecule has 1 aromatic rings. The van der Waals surface area contributed by atoms with Crippen LogP contribution in [0.25, 0.3) is 0 Å². The summed E-state index contributed by atoms with van der Waals surface area (Å²) in [7, 11) is -4.74. The summed E-state index contributed by atoms with van der Waals surface area (Å²) in [6.07, 6.45) is 0.596. The van der Waals surface area contributed by atoms with Crippen molar-refractivity contribution in [2.24, 2.45) is 5.92 Å². The van der Waals surface area contributed by atoms with Gasteiger partial charge in [-0.1, -0.05) is 0 Å². The number of nitro groups is 1. The molecule has 21 heavy (non-hydrogen) atoms. The highest BCUT2D eigenvalue weighted by molar-refractivity contribution is 7.86. The number of anilines is 1. The maximum Gasteiger partial charge on any atom is 0.330 e. The summed E-state index contributed by atoms with van der Waals surface area (Å²) in [5, 5.41) is 10.6. The number of carbonyl (C=O) groups is 1. The van der Waals surface area contributed by atoms with Crippen LogP contribution in [0.4, 0.5) is 15.4 Å². The number of aromatic nitrogens is 2. The van der Waals surface area contributed by atoms with Gasteiger partial charge in [-0.3, -0.25) is 19.8 Å². The number of halogens is 2. The summed E-state index contributed by atoms with van der Waals surface area (Å²) < 4.78 is 33.9.